The molecular weight excluding hydrogens is 679 g/mol. The topological polar surface area (TPSA) is 118 Å². The molecule has 6 aromatic rings. The number of esters is 2. The van der Waals surface area contributed by atoms with Crippen molar-refractivity contribution >= 4 is 41.3 Å². The van der Waals surface area contributed by atoms with Crippen LogP contribution >= 0.6 is 7.82 Å². The number of phenolic OH excluding ortho intramolecular Hbond substituents is 1. The highest BCUT2D eigenvalue weighted by Crippen LogP contribution is 2.53. The fourth-order valence-corrected chi connectivity index (χ4v) is 6.88. The molecule has 6 aromatic carbocycles. The van der Waals surface area contributed by atoms with Crippen molar-refractivity contribution in [2.24, 2.45) is 0 Å². The summed E-state index contributed by atoms with van der Waals surface area (Å²) in [4.78, 5) is 25.0. The molecule has 0 atom stereocenters. The maximum absolute atomic E-state index is 13.0. The van der Waals surface area contributed by atoms with Gasteiger partial charge in [0.05, 0.1) is 24.3 Å². The van der Waals surface area contributed by atoms with E-state index in [0.717, 1.165) is 16.5 Å². The van der Waals surface area contributed by atoms with E-state index in [1.807, 2.05) is 88.4 Å². The first kappa shape index (κ1) is 37.8. The number of hydrogen-bond donors (Lipinski definition) is 1. The molecule has 9 nitrogen and oxygen atoms in total. The van der Waals surface area contributed by atoms with Crippen LogP contribution in [0.5, 0.6) is 23.0 Å². The molecule has 0 fully saturated rings. The highest BCUT2D eigenvalue weighted by Gasteiger charge is 2.30. The van der Waals surface area contributed by atoms with Crippen LogP contribution in [0.15, 0.2) is 109 Å². The van der Waals surface area contributed by atoms with Crippen LogP contribution in [0.3, 0.4) is 0 Å². The number of ether oxygens (including phenoxy) is 2. The summed E-state index contributed by atoms with van der Waals surface area (Å²) in [6, 6.07) is 32.3. The van der Waals surface area contributed by atoms with Crippen molar-refractivity contribution in [2.75, 3.05) is 13.2 Å². The summed E-state index contributed by atoms with van der Waals surface area (Å²) >= 11 is 0. The Morgan fingerprint density at radius 1 is 0.519 bits per heavy atom. The lowest BCUT2D eigenvalue weighted by Gasteiger charge is -2.22. The predicted molar refractivity (Wildman–Crippen MR) is 203 cm³/mol. The molecule has 1 N–H and O–H groups in total. The molecule has 0 spiro atoms. The number of carbonyl (C=O) groups is 2. The number of phosphoric acid groups is 1. The molecular formula is C42H41O9P. The van der Waals surface area contributed by atoms with E-state index in [-0.39, 0.29) is 19.0 Å². The summed E-state index contributed by atoms with van der Waals surface area (Å²) in [6.07, 6.45) is 0. The maximum Gasteiger partial charge on any atom is 0.530 e. The lowest BCUT2D eigenvalue weighted by molar-refractivity contribution is 0.0726. The van der Waals surface area contributed by atoms with Gasteiger partial charge in [-0.1, -0.05) is 84.9 Å². The highest BCUT2D eigenvalue weighted by molar-refractivity contribution is 7.49. The van der Waals surface area contributed by atoms with Gasteiger partial charge in [-0.2, -0.15) is 0 Å². The van der Waals surface area contributed by atoms with Gasteiger partial charge in [-0.3, -0.25) is 9.05 Å². The zero-order valence-electron chi connectivity index (χ0n) is 30.0. The van der Waals surface area contributed by atoms with E-state index in [0.29, 0.717) is 55.7 Å². The Kier molecular flexibility index (Phi) is 12.1. The average molecular weight is 721 g/mol. The van der Waals surface area contributed by atoms with Gasteiger partial charge in [-0.05, 0) is 88.1 Å². The van der Waals surface area contributed by atoms with Crippen LogP contribution in [0.4, 0.5) is 0 Å². The van der Waals surface area contributed by atoms with Gasteiger partial charge < -0.3 is 19.1 Å². The van der Waals surface area contributed by atoms with Crippen LogP contribution in [-0.4, -0.2) is 30.3 Å². The molecule has 0 radical (unpaired) electrons. The van der Waals surface area contributed by atoms with E-state index < -0.39 is 19.8 Å². The van der Waals surface area contributed by atoms with Crippen molar-refractivity contribution in [3.05, 3.63) is 143 Å². The van der Waals surface area contributed by atoms with Crippen molar-refractivity contribution < 1.29 is 42.3 Å². The van der Waals surface area contributed by atoms with Gasteiger partial charge >= 0.3 is 19.8 Å². The largest absolute Gasteiger partial charge is 0.530 e. The molecule has 0 unspecified atom stereocenters. The molecule has 6 rings (SSSR count). The van der Waals surface area contributed by atoms with E-state index in [4.69, 9.17) is 23.0 Å². The minimum absolute atomic E-state index is 0.181. The second kappa shape index (κ2) is 16.7. The number of phenols is 1. The van der Waals surface area contributed by atoms with Crippen molar-refractivity contribution in [2.45, 2.75) is 41.5 Å². The Morgan fingerprint density at radius 3 is 1.31 bits per heavy atom. The Labute approximate surface area is 303 Å². The van der Waals surface area contributed by atoms with Crippen molar-refractivity contribution in [1.82, 2.24) is 0 Å². The average Bonchev–Trinajstić information content (AvgIpc) is 3.17. The van der Waals surface area contributed by atoms with E-state index >= 15 is 0 Å². The van der Waals surface area contributed by atoms with E-state index in [9.17, 15) is 19.3 Å². The lowest BCUT2D eigenvalue weighted by Crippen LogP contribution is -2.11. The SMILES string of the molecule is CCOP(=O)(OCC)Oc1c(C)c(C)c(OC(=O)c2ccccc2)c2ccccc12.Cc1c(C)c(OC(=O)c2ccccc2)c2ccccc2c1O. The number of rotatable bonds is 10. The minimum Gasteiger partial charge on any atom is -0.507 e. The van der Waals surface area contributed by atoms with Crippen molar-refractivity contribution in [1.29, 1.82) is 0 Å². The number of fused-ring (bicyclic) bond motifs is 2. The quantitative estimate of drug-likeness (QED) is 0.0838. The molecule has 0 bridgehead atoms. The minimum atomic E-state index is -3.79. The second-order valence-electron chi connectivity index (χ2n) is 11.8. The summed E-state index contributed by atoms with van der Waals surface area (Å²) in [6.45, 7) is 11.1. The summed E-state index contributed by atoms with van der Waals surface area (Å²) in [7, 11) is -3.79. The molecule has 0 aliphatic carbocycles. The molecule has 268 valence electrons. The first-order valence-electron chi connectivity index (χ1n) is 16.9. The van der Waals surface area contributed by atoms with Crippen molar-refractivity contribution in [3.63, 3.8) is 0 Å². The zero-order chi connectivity index (χ0) is 37.4. The normalized spacial score (nSPS) is 11.1. The summed E-state index contributed by atoms with van der Waals surface area (Å²) in [5.74, 6) is 0.692. The van der Waals surface area contributed by atoms with Crippen LogP contribution < -0.4 is 14.0 Å². The highest BCUT2D eigenvalue weighted by atomic mass is 31.2. The van der Waals surface area contributed by atoms with Crippen LogP contribution in [-0.2, 0) is 13.6 Å². The molecule has 0 aromatic heterocycles. The van der Waals surface area contributed by atoms with Gasteiger partial charge in [0.25, 0.3) is 0 Å². The fourth-order valence-electron chi connectivity index (χ4n) is 5.61. The van der Waals surface area contributed by atoms with Crippen LogP contribution in [0, 0.1) is 27.7 Å². The molecule has 52 heavy (non-hydrogen) atoms. The first-order valence-corrected chi connectivity index (χ1v) is 18.3. The third kappa shape index (κ3) is 8.19. The number of aromatic hydroxyl groups is 1. The van der Waals surface area contributed by atoms with E-state index in [1.165, 1.54) is 0 Å². The Hall–Kier alpha value is -5.47. The summed E-state index contributed by atoms with van der Waals surface area (Å²) in [5, 5.41) is 13.0. The predicted octanol–water partition coefficient (Wildman–Crippen LogP) is 10.6. The van der Waals surface area contributed by atoms with Crippen LogP contribution in [0.25, 0.3) is 21.5 Å². The van der Waals surface area contributed by atoms with Gasteiger partial charge in [0.2, 0.25) is 0 Å². The Morgan fingerprint density at radius 2 is 0.865 bits per heavy atom. The van der Waals surface area contributed by atoms with Gasteiger partial charge in [0, 0.05) is 21.5 Å². The number of hydrogen-bond acceptors (Lipinski definition) is 9. The fraction of sp³-hybridized carbons (Fsp3) is 0.190. The monoisotopic (exact) mass is 720 g/mol. The summed E-state index contributed by atoms with van der Waals surface area (Å²) in [5.41, 5.74) is 3.82. The number of benzene rings is 6. The Bertz CT molecular complexity index is 2260. The van der Waals surface area contributed by atoms with Gasteiger partial charge in [0.1, 0.15) is 23.0 Å². The van der Waals surface area contributed by atoms with Crippen LogP contribution in [0.1, 0.15) is 56.8 Å². The number of carbonyl (C=O) groups excluding carboxylic acids is 2. The van der Waals surface area contributed by atoms with Crippen LogP contribution in [0.2, 0.25) is 0 Å². The van der Waals surface area contributed by atoms with E-state index in [1.54, 1.807) is 62.4 Å². The lowest BCUT2D eigenvalue weighted by atomic mass is 9.99. The molecule has 0 saturated heterocycles. The zero-order valence-corrected chi connectivity index (χ0v) is 30.9. The number of phosphoric ester groups is 1. The van der Waals surface area contributed by atoms with Gasteiger partial charge in [0.15, 0.2) is 0 Å². The molecule has 0 saturated carbocycles. The van der Waals surface area contributed by atoms with E-state index in [2.05, 4.69) is 0 Å². The standard InChI is InChI=1S/C23H25O6P.C19H16O3/c1-5-26-30(25,27-6-2)29-22-17(4)16(3)21(19-14-10-11-15-20(19)22)28-23(24)18-12-8-7-9-13-18;1-12-13(2)18(16-11-7-6-10-15(16)17(12)20)22-19(21)14-8-4-3-5-9-14/h7-15H,5-6H2,1-4H3;3-11,20H,1-2H3. The Balaban J connectivity index is 0.000000210. The molecule has 0 aliphatic rings. The third-order valence-electron chi connectivity index (χ3n) is 8.53. The third-order valence-corrected chi connectivity index (χ3v) is 10.1. The van der Waals surface area contributed by atoms with Gasteiger partial charge in [-0.25, -0.2) is 14.2 Å². The van der Waals surface area contributed by atoms with Crippen molar-refractivity contribution in [3.8, 4) is 23.0 Å². The van der Waals surface area contributed by atoms with Gasteiger partial charge in [-0.15, -0.1) is 0 Å². The molecule has 10 heteroatoms. The molecule has 0 heterocycles. The molecule has 0 amide bonds. The first-order chi connectivity index (χ1) is 25.0. The molecule has 0 aliphatic heterocycles. The summed E-state index contributed by atoms with van der Waals surface area (Å²) < 4.78 is 40.8. The smallest absolute Gasteiger partial charge is 0.507 e. The maximum atomic E-state index is 13.0. The second-order valence-corrected chi connectivity index (χ2v) is 13.4.